The van der Waals surface area contributed by atoms with Crippen LogP contribution in [0.2, 0.25) is 0 Å². The molecule has 0 amide bonds. The Morgan fingerprint density at radius 2 is 1.93 bits per heavy atom. The average Bonchev–Trinajstić information content (AvgIpc) is 3.14. The maximum Gasteiger partial charge on any atom is 0.192 e. The van der Waals surface area contributed by atoms with Gasteiger partial charge in [0, 0.05) is 28.8 Å². The van der Waals surface area contributed by atoms with E-state index in [0.29, 0.717) is 17.5 Å². The summed E-state index contributed by atoms with van der Waals surface area (Å²) >= 11 is 1.08. The Labute approximate surface area is 178 Å². The molecule has 0 aliphatic rings. The molecule has 0 saturated carbocycles. The molecule has 6 nitrogen and oxygen atoms in total. The molecule has 2 heterocycles. The number of thioether (sulfide) groups is 1. The number of allylic oxidation sites excluding steroid dienone is 1. The summed E-state index contributed by atoms with van der Waals surface area (Å²) in [5.41, 5.74) is 4.75. The third kappa shape index (κ3) is 3.97. The Balaban J connectivity index is 1.90. The van der Waals surface area contributed by atoms with E-state index < -0.39 is 5.97 Å². The van der Waals surface area contributed by atoms with Crippen molar-refractivity contribution in [2.75, 3.05) is 5.75 Å². The third-order valence-corrected chi connectivity index (χ3v) is 5.59. The summed E-state index contributed by atoms with van der Waals surface area (Å²) in [4.78, 5) is 15.7. The van der Waals surface area contributed by atoms with Gasteiger partial charge in [0.15, 0.2) is 11.0 Å². The van der Waals surface area contributed by atoms with Gasteiger partial charge in [-0.25, -0.2) is 4.98 Å². The van der Waals surface area contributed by atoms with Crippen LogP contribution in [0.4, 0.5) is 0 Å². The second-order valence-electron chi connectivity index (χ2n) is 6.80. The number of hydrogen-bond acceptors (Lipinski definition) is 6. The highest BCUT2D eigenvalue weighted by molar-refractivity contribution is 7.99. The molecule has 0 saturated heterocycles. The molecular weight excluding hydrogens is 396 g/mol. The normalized spacial score (nSPS) is 11.0. The summed E-state index contributed by atoms with van der Waals surface area (Å²) in [7, 11) is 0. The lowest BCUT2D eigenvalue weighted by Gasteiger charge is -2.12. The SMILES string of the molecule is C=CCn1c(SCC(=O)[O-])nnc1-c1cc(-c2ccc(C)cc2)nc2ccccc12. The average molecular weight is 415 g/mol. The highest BCUT2D eigenvalue weighted by Gasteiger charge is 2.18. The number of hydrogen-bond donors (Lipinski definition) is 0. The molecule has 4 aromatic rings. The van der Waals surface area contributed by atoms with E-state index in [9.17, 15) is 9.90 Å². The van der Waals surface area contributed by atoms with Gasteiger partial charge in [0.25, 0.3) is 0 Å². The molecule has 0 bridgehead atoms. The smallest absolute Gasteiger partial charge is 0.192 e. The standard InChI is InChI=1S/C23H20N4O2S/c1-3-12-27-22(25-26-23(27)30-14-21(28)29)18-13-20(16-10-8-15(2)9-11-16)24-19-7-5-4-6-17(18)19/h3-11,13H,1,12,14H2,2H3,(H,28,29)/p-1. The van der Waals surface area contributed by atoms with Gasteiger partial charge in [-0.15, -0.1) is 16.8 Å². The quantitative estimate of drug-likeness (QED) is 0.339. The van der Waals surface area contributed by atoms with Gasteiger partial charge in [-0.05, 0) is 19.1 Å². The van der Waals surface area contributed by atoms with Gasteiger partial charge in [-0.3, -0.25) is 4.57 Å². The minimum Gasteiger partial charge on any atom is -0.549 e. The van der Waals surface area contributed by atoms with Gasteiger partial charge in [0.1, 0.15) is 0 Å². The van der Waals surface area contributed by atoms with Gasteiger partial charge in [0.05, 0.1) is 17.2 Å². The van der Waals surface area contributed by atoms with E-state index in [-0.39, 0.29) is 5.75 Å². The van der Waals surface area contributed by atoms with Crippen LogP contribution in [0.15, 0.2) is 72.4 Å². The first kappa shape index (κ1) is 19.8. The van der Waals surface area contributed by atoms with E-state index >= 15 is 0 Å². The number of carbonyl (C=O) groups is 1. The largest absolute Gasteiger partial charge is 0.549 e. The van der Waals surface area contributed by atoms with Crippen LogP contribution in [0.1, 0.15) is 5.56 Å². The molecule has 0 fully saturated rings. The van der Waals surface area contributed by atoms with Crippen molar-refractivity contribution in [3.05, 3.63) is 72.8 Å². The Morgan fingerprint density at radius 3 is 2.67 bits per heavy atom. The summed E-state index contributed by atoms with van der Waals surface area (Å²) in [6.07, 6.45) is 1.74. The van der Waals surface area contributed by atoms with Crippen molar-refractivity contribution in [3.8, 4) is 22.6 Å². The number of aryl methyl sites for hydroxylation is 1. The van der Waals surface area contributed by atoms with E-state index in [2.05, 4.69) is 28.9 Å². The second kappa shape index (κ2) is 8.51. The number of para-hydroxylation sites is 1. The number of benzene rings is 2. The molecule has 0 radical (unpaired) electrons. The van der Waals surface area contributed by atoms with Crippen LogP contribution in [-0.4, -0.2) is 31.5 Å². The number of nitrogens with zero attached hydrogens (tertiary/aromatic N) is 4. The molecule has 2 aromatic carbocycles. The van der Waals surface area contributed by atoms with Gasteiger partial charge in [-0.1, -0.05) is 65.9 Å². The molecule has 0 aliphatic carbocycles. The van der Waals surface area contributed by atoms with Crippen molar-refractivity contribution in [1.82, 2.24) is 19.7 Å². The van der Waals surface area contributed by atoms with Gasteiger partial charge in [0.2, 0.25) is 0 Å². The number of pyridine rings is 1. The highest BCUT2D eigenvalue weighted by Crippen LogP contribution is 2.33. The number of carboxylic acids is 1. The van der Waals surface area contributed by atoms with Crippen LogP contribution in [0, 0.1) is 6.92 Å². The first-order chi connectivity index (χ1) is 14.6. The van der Waals surface area contributed by atoms with Crippen LogP contribution >= 0.6 is 11.8 Å². The number of rotatable bonds is 7. The van der Waals surface area contributed by atoms with Crippen molar-refractivity contribution in [3.63, 3.8) is 0 Å². The molecular formula is C23H19N4O2S-. The van der Waals surface area contributed by atoms with Crippen LogP contribution in [-0.2, 0) is 11.3 Å². The fourth-order valence-corrected chi connectivity index (χ4v) is 3.91. The van der Waals surface area contributed by atoms with Gasteiger partial charge < -0.3 is 9.90 Å². The molecule has 30 heavy (non-hydrogen) atoms. The van der Waals surface area contributed by atoms with Gasteiger partial charge in [-0.2, -0.15) is 0 Å². The second-order valence-corrected chi connectivity index (χ2v) is 7.75. The Morgan fingerprint density at radius 1 is 1.17 bits per heavy atom. The minimum absolute atomic E-state index is 0.193. The van der Waals surface area contributed by atoms with Crippen LogP contribution in [0.5, 0.6) is 0 Å². The molecule has 7 heteroatoms. The summed E-state index contributed by atoms with van der Waals surface area (Å²) in [6.45, 7) is 6.32. The third-order valence-electron chi connectivity index (χ3n) is 4.65. The maximum atomic E-state index is 10.9. The lowest BCUT2D eigenvalue weighted by Crippen LogP contribution is -2.24. The number of aliphatic carboxylic acids is 1. The molecule has 0 atom stereocenters. The van der Waals surface area contributed by atoms with E-state index in [1.54, 1.807) is 6.08 Å². The van der Waals surface area contributed by atoms with Crippen LogP contribution in [0.3, 0.4) is 0 Å². The lowest BCUT2D eigenvalue weighted by atomic mass is 10.0. The van der Waals surface area contributed by atoms with Crippen LogP contribution < -0.4 is 5.11 Å². The number of fused-ring (bicyclic) bond motifs is 1. The van der Waals surface area contributed by atoms with Crippen molar-refractivity contribution in [1.29, 1.82) is 0 Å². The zero-order chi connectivity index (χ0) is 21.1. The van der Waals surface area contributed by atoms with Crippen LogP contribution in [0.25, 0.3) is 33.5 Å². The molecule has 2 aromatic heterocycles. The zero-order valence-electron chi connectivity index (χ0n) is 16.4. The van der Waals surface area contributed by atoms with Crippen molar-refractivity contribution in [2.45, 2.75) is 18.6 Å². The highest BCUT2D eigenvalue weighted by atomic mass is 32.2. The molecule has 0 aliphatic heterocycles. The van der Waals surface area contributed by atoms with Gasteiger partial charge >= 0.3 is 0 Å². The number of carbonyl (C=O) groups excluding carboxylic acids is 1. The summed E-state index contributed by atoms with van der Waals surface area (Å²) in [6, 6.07) is 18.1. The predicted molar refractivity (Wildman–Crippen MR) is 117 cm³/mol. The van der Waals surface area contributed by atoms with E-state index in [4.69, 9.17) is 4.98 Å². The van der Waals surface area contributed by atoms with Crippen molar-refractivity contribution >= 4 is 28.6 Å². The molecule has 150 valence electrons. The predicted octanol–water partition coefficient (Wildman–Crippen LogP) is 3.50. The van der Waals surface area contributed by atoms with Crippen molar-refractivity contribution in [2.24, 2.45) is 0 Å². The molecule has 0 spiro atoms. The fraction of sp³-hybridized carbons (Fsp3) is 0.130. The first-order valence-electron chi connectivity index (χ1n) is 9.41. The summed E-state index contributed by atoms with van der Waals surface area (Å²) < 4.78 is 1.86. The lowest BCUT2D eigenvalue weighted by molar-refractivity contribution is -0.301. The van der Waals surface area contributed by atoms with E-state index in [0.717, 1.165) is 39.5 Å². The number of carboxylic acid groups (broad SMARTS) is 1. The first-order valence-corrected chi connectivity index (χ1v) is 10.4. The Kier molecular flexibility index (Phi) is 5.63. The summed E-state index contributed by atoms with van der Waals surface area (Å²) in [5.74, 6) is -0.700. The minimum atomic E-state index is -1.15. The molecule has 0 N–H and O–H groups in total. The molecule has 0 unspecified atom stereocenters. The van der Waals surface area contributed by atoms with Crippen molar-refractivity contribution < 1.29 is 9.90 Å². The van der Waals surface area contributed by atoms with E-state index in [1.807, 2.05) is 54.0 Å². The fourth-order valence-electron chi connectivity index (χ4n) is 3.24. The topological polar surface area (TPSA) is 83.7 Å². The summed E-state index contributed by atoms with van der Waals surface area (Å²) in [5, 5.41) is 21.0. The zero-order valence-corrected chi connectivity index (χ0v) is 17.2. The molecule has 4 rings (SSSR count). The number of aromatic nitrogens is 4. The Hall–Kier alpha value is -3.45. The Bertz CT molecular complexity index is 1230. The van der Waals surface area contributed by atoms with E-state index in [1.165, 1.54) is 5.56 Å². The monoisotopic (exact) mass is 415 g/mol. The maximum absolute atomic E-state index is 10.9.